The molecule has 1 aromatic carbocycles. The third kappa shape index (κ3) is 6.27. The molecule has 0 saturated carbocycles. The molecule has 0 aromatic heterocycles. The number of benzene rings is 1. The lowest BCUT2D eigenvalue weighted by molar-refractivity contribution is -0.156. The van der Waals surface area contributed by atoms with Crippen molar-refractivity contribution in [3.63, 3.8) is 0 Å². The van der Waals surface area contributed by atoms with Crippen LogP contribution in [0.25, 0.3) is 0 Å². The molecule has 1 unspecified atom stereocenters. The summed E-state index contributed by atoms with van der Waals surface area (Å²) in [7, 11) is 0. The van der Waals surface area contributed by atoms with Crippen molar-refractivity contribution in [3.05, 3.63) is 35.9 Å². The fraction of sp³-hybridized carbons (Fsp3) is 0.467. The van der Waals surface area contributed by atoms with E-state index in [2.05, 4.69) is 21.2 Å². The molecule has 0 spiro atoms. The summed E-state index contributed by atoms with van der Waals surface area (Å²) in [6.07, 6.45) is -0.117. The predicted octanol–water partition coefficient (Wildman–Crippen LogP) is 2.20. The number of carbonyl (C=O) groups excluding carboxylic acids is 2. The number of hydrogen-bond acceptors (Lipinski definition) is 4. The Hall–Kier alpha value is -1.40. The summed E-state index contributed by atoms with van der Waals surface area (Å²) in [5.74, 6) is -0.793. The van der Waals surface area contributed by atoms with Crippen molar-refractivity contribution in [2.45, 2.75) is 38.5 Å². The molecule has 0 fully saturated rings. The van der Waals surface area contributed by atoms with Crippen LogP contribution in [-0.4, -0.2) is 28.5 Å². The molecular weight excluding hydrogens is 336 g/mol. The van der Waals surface area contributed by atoms with E-state index in [1.54, 1.807) is 45.0 Å². The number of amides is 1. The third-order valence-corrected chi connectivity index (χ3v) is 3.52. The summed E-state index contributed by atoms with van der Waals surface area (Å²) in [5, 5.41) is 2.90. The lowest BCUT2D eigenvalue weighted by Crippen LogP contribution is -2.58. The van der Waals surface area contributed by atoms with Crippen LogP contribution in [0, 0.1) is 0 Å². The maximum absolute atomic E-state index is 12.1. The number of nitrogens with two attached hydrogens (primary N) is 1. The van der Waals surface area contributed by atoms with E-state index in [0.717, 1.165) is 0 Å². The van der Waals surface area contributed by atoms with Crippen LogP contribution in [-0.2, 0) is 9.53 Å². The van der Waals surface area contributed by atoms with Gasteiger partial charge in [0.2, 0.25) is 0 Å². The van der Waals surface area contributed by atoms with Gasteiger partial charge in [-0.25, -0.2) is 0 Å². The van der Waals surface area contributed by atoms with E-state index in [-0.39, 0.29) is 17.7 Å². The standard InChI is InChI=1S/C15H21BrN2O3/c1-14(2,3)21-12(19)9-15(17,10-16)18-13(20)11-7-5-4-6-8-11/h4-8H,9-10,17H2,1-3H3,(H,18,20). The monoisotopic (exact) mass is 356 g/mol. The molecule has 0 aliphatic carbocycles. The van der Waals surface area contributed by atoms with Gasteiger partial charge in [0.25, 0.3) is 5.91 Å². The van der Waals surface area contributed by atoms with E-state index in [9.17, 15) is 9.59 Å². The number of esters is 1. The number of hydrogen-bond donors (Lipinski definition) is 2. The van der Waals surface area contributed by atoms with Crippen molar-refractivity contribution in [1.82, 2.24) is 5.32 Å². The molecule has 21 heavy (non-hydrogen) atoms. The lowest BCUT2D eigenvalue weighted by Gasteiger charge is -2.29. The quantitative estimate of drug-likeness (QED) is 0.481. The summed E-state index contributed by atoms with van der Waals surface area (Å²) >= 11 is 3.23. The van der Waals surface area contributed by atoms with E-state index in [0.29, 0.717) is 5.56 Å². The maximum atomic E-state index is 12.1. The molecule has 1 amide bonds. The zero-order chi connectivity index (χ0) is 16.1. The second-order valence-corrected chi connectivity index (χ2v) is 6.43. The van der Waals surface area contributed by atoms with Crippen molar-refractivity contribution in [1.29, 1.82) is 0 Å². The molecule has 116 valence electrons. The molecule has 1 aromatic rings. The second kappa shape index (κ2) is 7.04. The van der Waals surface area contributed by atoms with Crippen molar-refractivity contribution in [3.8, 4) is 0 Å². The molecule has 0 heterocycles. The largest absolute Gasteiger partial charge is 0.460 e. The first kappa shape index (κ1) is 17.7. The van der Waals surface area contributed by atoms with Gasteiger partial charge in [-0.15, -0.1) is 0 Å². The van der Waals surface area contributed by atoms with Crippen LogP contribution in [0.15, 0.2) is 30.3 Å². The van der Waals surface area contributed by atoms with E-state index in [1.807, 2.05) is 6.07 Å². The number of carbonyl (C=O) groups is 2. The van der Waals surface area contributed by atoms with Crippen LogP contribution in [0.3, 0.4) is 0 Å². The van der Waals surface area contributed by atoms with Crippen molar-refractivity contribution < 1.29 is 14.3 Å². The molecule has 1 atom stereocenters. The molecule has 0 saturated heterocycles. The second-order valence-electron chi connectivity index (χ2n) is 5.87. The smallest absolute Gasteiger partial charge is 0.310 e. The molecule has 3 N–H and O–H groups in total. The Morgan fingerprint density at radius 2 is 1.81 bits per heavy atom. The molecule has 0 aliphatic rings. The van der Waals surface area contributed by atoms with Gasteiger partial charge in [-0.05, 0) is 32.9 Å². The van der Waals surface area contributed by atoms with Gasteiger partial charge in [-0.1, -0.05) is 34.1 Å². The normalized spacial score (nSPS) is 14.1. The Balaban J connectivity index is 2.72. The number of rotatable bonds is 5. The van der Waals surface area contributed by atoms with Crippen LogP contribution in [0.1, 0.15) is 37.6 Å². The Kier molecular flexibility index (Phi) is 5.92. The van der Waals surface area contributed by atoms with Crippen LogP contribution < -0.4 is 11.1 Å². The number of halogens is 1. The Labute approximate surface area is 133 Å². The van der Waals surface area contributed by atoms with E-state index in [4.69, 9.17) is 10.5 Å². The Morgan fingerprint density at radius 3 is 2.29 bits per heavy atom. The first-order valence-corrected chi connectivity index (χ1v) is 7.72. The lowest BCUT2D eigenvalue weighted by atomic mass is 10.1. The summed E-state index contributed by atoms with van der Waals surface area (Å²) in [5.41, 5.74) is 4.77. The van der Waals surface area contributed by atoms with Gasteiger partial charge in [0, 0.05) is 10.9 Å². The van der Waals surface area contributed by atoms with Gasteiger partial charge in [0.15, 0.2) is 0 Å². The molecule has 0 radical (unpaired) electrons. The molecule has 0 bridgehead atoms. The van der Waals surface area contributed by atoms with Gasteiger partial charge < -0.3 is 15.8 Å². The van der Waals surface area contributed by atoms with Crippen LogP contribution in [0.5, 0.6) is 0 Å². The van der Waals surface area contributed by atoms with Crippen molar-refractivity contribution in [2.24, 2.45) is 5.73 Å². The summed E-state index contributed by atoms with van der Waals surface area (Å²) < 4.78 is 5.23. The van der Waals surface area contributed by atoms with Gasteiger partial charge in [-0.2, -0.15) is 0 Å². The molecular formula is C15H21BrN2O3. The predicted molar refractivity (Wildman–Crippen MR) is 85.1 cm³/mol. The fourth-order valence-electron chi connectivity index (χ4n) is 1.65. The zero-order valence-corrected chi connectivity index (χ0v) is 14.1. The first-order valence-electron chi connectivity index (χ1n) is 6.59. The Bertz CT molecular complexity index is 499. The third-order valence-electron chi connectivity index (χ3n) is 2.52. The van der Waals surface area contributed by atoms with E-state index < -0.39 is 17.2 Å². The summed E-state index contributed by atoms with van der Waals surface area (Å²) in [4.78, 5) is 24.0. The average Bonchev–Trinajstić information content (AvgIpc) is 2.37. The summed E-state index contributed by atoms with van der Waals surface area (Å²) in [6, 6.07) is 8.69. The SMILES string of the molecule is CC(C)(C)OC(=O)CC(N)(CBr)NC(=O)c1ccccc1. The van der Waals surface area contributed by atoms with E-state index in [1.165, 1.54) is 0 Å². The minimum Gasteiger partial charge on any atom is -0.460 e. The van der Waals surface area contributed by atoms with Crippen molar-refractivity contribution in [2.75, 3.05) is 5.33 Å². The first-order chi connectivity index (χ1) is 9.65. The van der Waals surface area contributed by atoms with Gasteiger partial charge in [-0.3, -0.25) is 9.59 Å². The number of ether oxygens (including phenoxy) is 1. The molecule has 1 rings (SSSR count). The average molecular weight is 357 g/mol. The van der Waals surface area contributed by atoms with E-state index >= 15 is 0 Å². The highest BCUT2D eigenvalue weighted by Gasteiger charge is 2.31. The highest BCUT2D eigenvalue weighted by molar-refractivity contribution is 9.09. The van der Waals surface area contributed by atoms with Crippen LogP contribution >= 0.6 is 15.9 Å². The Morgan fingerprint density at radius 1 is 1.24 bits per heavy atom. The highest BCUT2D eigenvalue weighted by Crippen LogP contribution is 2.14. The number of nitrogens with one attached hydrogen (secondary N) is 1. The molecule has 6 heteroatoms. The van der Waals surface area contributed by atoms with Crippen molar-refractivity contribution >= 4 is 27.8 Å². The fourth-order valence-corrected chi connectivity index (χ4v) is 1.99. The molecule has 5 nitrogen and oxygen atoms in total. The maximum Gasteiger partial charge on any atom is 0.310 e. The number of alkyl halides is 1. The zero-order valence-electron chi connectivity index (χ0n) is 12.5. The topological polar surface area (TPSA) is 81.4 Å². The minimum atomic E-state index is -1.20. The van der Waals surface area contributed by atoms with Gasteiger partial charge >= 0.3 is 5.97 Å². The molecule has 0 aliphatic heterocycles. The van der Waals surface area contributed by atoms with Gasteiger partial charge in [0.1, 0.15) is 11.3 Å². The minimum absolute atomic E-state index is 0.117. The summed E-state index contributed by atoms with van der Waals surface area (Å²) in [6.45, 7) is 5.33. The highest BCUT2D eigenvalue weighted by atomic mass is 79.9. The van der Waals surface area contributed by atoms with Crippen LogP contribution in [0.4, 0.5) is 0 Å². The van der Waals surface area contributed by atoms with Crippen LogP contribution in [0.2, 0.25) is 0 Å². The van der Waals surface area contributed by atoms with Gasteiger partial charge in [0.05, 0.1) is 6.42 Å².